The number of pyridine rings is 1. The largest absolute Gasteiger partial charge is 0.378 e. The molecule has 2 aromatic carbocycles. The number of rotatable bonds is 3. The van der Waals surface area contributed by atoms with E-state index in [0.717, 1.165) is 0 Å². The van der Waals surface area contributed by atoms with Crippen molar-refractivity contribution in [2.24, 2.45) is 0 Å². The number of ether oxygens (including phenoxy) is 1. The zero-order valence-corrected chi connectivity index (χ0v) is 17.6. The number of sulfone groups is 1. The van der Waals surface area contributed by atoms with Gasteiger partial charge in [0, 0.05) is 39.7 Å². The molecule has 0 bridgehead atoms. The molecule has 1 fully saturated rings. The average molecular weight is 458 g/mol. The maximum absolute atomic E-state index is 13.5. The zero-order chi connectivity index (χ0) is 19.9. The second-order valence-corrected chi connectivity index (χ2v) is 9.57. The fourth-order valence-electron chi connectivity index (χ4n) is 3.25. The lowest BCUT2D eigenvalue weighted by Gasteiger charge is -2.31. The van der Waals surface area contributed by atoms with Crippen molar-refractivity contribution < 1.29 is 13.2 Å². The molecule has 0 atom stereocenters. The van der Waals surface area contributed by atoms with Crippen LogP contribution in [-0.2, 0) is 14.6 Å². The summed E-state index contributed by atoms with van der Waals surface area (Å²) in [6.07, 6.45) is 1.38. The molecule has 28 heavy (non-hydrogen) atoms. The minimum absolute atomic E-state index is 0.0164. The molecular formula is C19H15Cl3N2O3S. The van der Waals surface area contributed by atoms with Crippen LogP contribution >= 0.6 is 34.8 Å². The summed E-state index contributed by atoms with van der Waals surface area (Å²) in [4.78, 5) is 6.44. The number of fused-ring (bicyclic) bond motifs is 1. The van der Waals surface area contributed by atoms with Crippen LogP contribution in [0.1, 0.15) is 0 Å². The van der Waals surface area contributed by atoms with Crippen molar-refractivity contribution in [3.05, 3.63) is 57.7 Å². The van der Waals surface area contributed by atoms with Crippen molar-refractivity contribution >= 4 is 61.2 Å². The second-order valence-electron chi connectivity index (χ2n) is 6.34. The Morgan fingerprint density at radius 1 is 0.929 bits per heavy atom. The quantitative estimate of drug-likeness (QED) is 0.562. The summed E-state index contributed by atoms with van der Waals surface area (Å²) in [6.45, 7) is 2.13. The molecule has 2 heterocycles. The number of hydrogen-bond donors (Lipinski definition) is 0. The lowest BCUT2D eigenvalue weighted by Crippen LogP contribution is -2.37. The van der Waals surface area contributed by atoms with E-state index in [1.807, 2.05) is 4.90 Å². The summed E-state index contributed by atoms with van der Waals surface area (Å²) in [5, 5.41) is 1.67. The molecule has 0 N–H and O–H groups in total. The molecule has 1 aromatic heterocycles. The maximum atomic E-state index is 13.5. The smallest absolute Gasteiger partial charge is 0.210 e. The second kappa shape index (κ2) is 7.69. The number of hydrogen-bond acceptors (Lipinski definition) is 5. The summed E-state index contributed by atoms with van der Waals surface area (Å²) in [6, 6.07) is 9.49. The first kappa shape index (κ1) is 19.7. The highest BCUT2D eigenvalue weighted by Gasteiger charge is 2.28. The normalized spacial score (nSPS) is 15.2. The summed E-state index contributed by atoms with van der Waals surface area (Å²) < 4.78 is 32.4. The monoisotopic (exact) mass is 456 g/mol. The Kier molecular flexibility index (Phi) is 5.42. The van der Waals surface area contributed by atoms with E-state index >= 15 is 0 Å². The predicted octanol–water partition coefficient (Wildman–Crippen LogP) is 4.86. The summed E-state index contributed by atoms with van der Waals surface area (Å²) in [7, 11) is -3.93. The summed E-state index contributed by atoms with van der Waals surface area (Å²) >= 11 is 18.3. The van der Waals surface area contributed by atoms with Crippen LogP contribution in [0, 0.1) is 0 Å². The van der Waals surface area contributed by atoms with E-state index < -0.39 is 9.84 Å². The van der Waals surface area contributed by atoms with Gasteiger partial charge in [-0.25, -0.2) is 8.42 Å². The highest BCUT2D eigenvalue weighted by Crippen LogP contribution is 2.38. The molecule has 0 radical (unpaired) electrons. The van der Waals surface area contributed by atoms with Gasteiger partial charge in [-0.05, 0) is 36.4 Å². The van der Waals surface area contributed by atoms with Gasteiger partial charge in [-0.1, -0.05) is 34.8 Å². The van der Waals surface area contributed by atoms with Gasteiger partial charge in [0.15, 0.2) is 0 Å². The van der Waals surface area contributed by atoms with Gasteiger partial charge >= 0.3 is 0 Å². The van der Waals surface area contributed by atoms with Crippen LogP contribution in [0.3, 0.4) is 0 Å². The lowest BCUT2D eigenvalue weighted by atomic mass is 10.1. The van der Waals surface area contributed by atoms with E-state index in [0.29, 0.717) is 47.9 Å². The number of aromatic nitrogens is 1. The first-order valence-electron chi connectivity index (χ1n) is 8.48. The Labute approximate surface area is 177 Å². The standard InChI is InChI=1S/C19H15Cl3N2O3S/c20-12-1-2-17-16(10-12)19(24-3-5-27-6-4-24)18(11-23-17)28(25,26)15-8-13(21)7-14(22)9-15/h1-2,7-11H,3-6H2. The number of nitrogens with zero attached hydrogens (tertiary/aromatic N) is 2. The van der Waals surface area contributed by atoms with Crippen LogP contribution in [0.15, 0.2) is 52.4 Å². The van der Waals surface area contributed by atoms with Gasteiger partial charge in [-0.2, -0.15) is 0 Å². The minimum atomic E-state index is -3.93. The molecule has 5 nitrogen and oxygen atoms in total. The first-order chi connectivity index (χ1) is 13.4. The Bertz CT molecular complexity index is 1140. The average Bonchev–Trinajstić information content (AvgIpc) is 2.67. The van der Waals surface area contributed by atoms with Gasteiger partial charge in [-0.15, -0.1) is 0 Å². The summed E-state index contributed by atoms with van der Waals surface area (Å²) in [5.74, 6) is 0. The third-order valence-electron chi connectivity index (χ3n) is 4.53. The highest BCUT2D eigenvalue weighted by molar-refractivity contribution is 7.91. The van der Waals surface area contributed by atoms with Crippen LogP contribution in [0.4, 0.5) is 5.69 Å². The van der Waals surface area contributed by atoms with Crippen LogP contribution in [-0.4, -0.2) is 39.7 Å². The topological polar surface area (TPSA) is 59.5 Å². The van der Waals surface area contributed by atoms with Crippen molar-refractivity contribution in [2.75, 3.05) is 31.2 Å². The number of halogens is 3. The number of morpholine rings is 1. The SMILES string of the molecule is O=S(=O)(c1cc(Cl)cc(Cl)c1)c1cnc2ccc(Cl)cc2c1N1CCOCC1. The van der Waals surface area contributed by atoms with Crippen molar-refractivity contribution in [1.29, 1.82) is 0 Å². The predicted molar refractivity (Wildman–Crippen MR) is 112 cm³/mol. The Morgan fingerprint density at radius 2 is 1.61 bits per heavy atom. The molecule has 9 heteroatoms. The third-order valence-corrected chi connectivity index (χ3v) is 6.94. The van der Waals surface area contributed by atoms with Crippen molar-refractivity contribution in [3.63, 3.8) is 0 Å². The number of benzene rings is 2. The molecular weight excluding hydrogens is 443 g/mol. The Morgan fingerprint density at radius 3 is 2.29 bits per heavy atom. The Balaban J connectivity index is 2.00. The van der Waals surface area contributed by atoms with Crippen molar-refractivity contribution in [2.45, 2.75) is 9.79 Å². The van der Waals surface area contributed by atoms with Crippen LogP contribution in [0.2, 0.25) is 15.1 Å². The van der Waals surface area contributed by atoms with Crippen LogP contribution in [0.25, 0.3) is 10.9 Å². The van der Waals surface area contributed by atoms with Gasteiger partial charge in [0.25, 0.3) is 0 Å². The zero-order valence-electron chi connectivity index (χ0n) is 14.5. The fourth-order valence-corrected chi connectivity index (χ4v) is 5.58. The molecule has 1 saturated heterocycles. The van der Waals surface area contributed by atoms with E-state index in [1.54, 1.807) is 18.2 Å². The molecule has 0 spiro atoms. The molecule has 0 saturated carbocycles. The lowest BCUT2D eigenvalue weighted by molar-refractivity contribution is 0.122. The first-order valence-corrected chi connectivity index (χ1v) is 11.1. The van der Waals surface area contributed by atoms with Crippen LogP contribution < -0.4 is 4.90 Å². The Hall–Kier alpha value is -1.57. The van der Waals surface area contributed by atoms with E-state index in [9.17, 15) is 8.42 Å². The van der Waals surface area contributed by atoms with Gasteiger partial charge in [0.1, 0.15) is 4.90 Å². The van der Waals surface area contributed by atoms with E-state index in [-0.39, 0.29) is 19.8 Å². The fraction of sp³-hybridized carbons (Fsp3) is 0.211. The van der Waals surface area contributed by atoms with E-state index in [4.69, 9.17) is 39.5 Å². The van der Waals surface area contributed by atoms with Gasteiger partial charge in [0.05, 0.1) is 29.3 Å². The minimum Gasteiger partial charge on any atom is -0.378 e. The highest BCUT2D eigenvalue weighted by atomic mass is 35.5. The van der Waals surface area contributed by atoms with Crippen LogP contribution in [0.5, 0.6) is 0 Å². The van der Waals surface area contributed by atoms with E-state index in [1.165, 1.54) is 24.4 Å². The van der Waals surface area contributed by atoms with Gasteiger partial charge < -0.3 is 9.64 Å². The van der Waals surface area contributed by atoms with Gasteiger partial charge in [0.2, 0.25) is 9.84 Å². The maximum Gasteiger partial charge on any atom is 0.210 e. The molecule has 0 aliphatic carbocycles. The molecule has 1 aliphatic rings. The molecule has 0 unspecified atom stereocenters. The molecule has 1 aliphatic heterocycles. The molecule has 0 amide bonds. The van der Waals surface area contributed by atoms with E-state index in [2.05, 4.69) is 4.98 Å². The van der Waals surface area contributed by atoms with Gasteiger partial charge in [-0.3, -0.25) is 4.98 Å². The molecule has 4 rings (SSSR count). The molecule has 3 aromatic rings. The molecule has 146 valence electrons. The van der Waals surface area contributed by atoms with Crippen molar-refractivity contribution in [3.8, 4) is 0 Å². The number of anilines is 1. The third kappa shape index (κ3) is 3.67. The summed E-state index contributed by atoms with van der Waals surface area (Å²) in [5.41, 5.74) is 1.22. The van der Waals surface area contributed by atoms with Crippen molar-refractivity contribution in [1.82, 2.24) is 4.98 Å².